The molecule has 0 aliphatic rings. The van der Waals surface area contributed by atoms with Crippen LogP contribution in [-0.2, 0) is 4.79 Å². The molecule has 1 unspecified atom stereocenters. The van der Waals surface area contributed by atoms with Crippen LogP contribution in [0.25, 0.3) is 0 Å². The zero-order valence-electron chi connectivity index (χ0n) is 11.0. The number of carbonyl (C=O) groups excluding carboxylic acids is 2. The third-order valence-electron chi connectivity index (χ3n) is 2.75. The lowest BCUT2D eigenvalue weighted by atomic mass is 10.1. The highest BCUT2D eigenvalue weighted by Crippen LogP contribution is 2.20. The summed E-state index contributed by atoms with van der Waals surface area (Å²) in [4.78, 5) is 25.1. The van der Waals surface area contributed by atoms with Crippen LogP contribution in [0, 0.1) is 9.49 Å². The predicted octanol–water partition coefficient (Wildman–Crippen LogP) is 2.40. The van der Waals surface area contributed by atoms with E-state index in [-0.39, 0.29) is 17.7 Å². The van der Waals surface area contributed by atoms with Gasteiger partial charge in [-0.05, 0) is 40.8 Å². The highest BCUT2D eigenvalue weighted by atomic mass is 127. The van der Waals surface area contributed by atoms with Crippen molar-refractivity contribution in [3.05, 3.63) is 32.4 Å². The van der Waals surface area contributed by atoms with Crippen molar-refractivity contribution in [1.29, 1.82) is 0 Å². The molecular formula is C13H16ClIN2O2. The standard InChI is InChI=1S/C13H16ClIN2O2/c1-8(12(18)16-2)7-17(3)13(19)9-4-5-11(15)10(14)6-9/h4-6,8H,7H2,1-3H3,(H,16,18). The minimum Gasteiger partial charge on any atom is -0.359 e. The van der Waals surface area contributed by atoms with E-state index in [2.05, 4.69) is 27.9 Å². The summed E-state index contributed by atoms with van der Waals surface area (Å²) in [5.74, 6) is -0.479. The highest BCUT2D eigenvalue weighted by Gasteiger charge is 2.18. The first kappa shape index (κ1) is 16.2. The third-order valence-corrected chi connectivity index (χ3v) is 4.33. The van der Waals surface area contributed by atoms with Crippen LogP contribution >= 0.6 is 34.2 Å². The SMILES string of the molecule is CNC(=O)C(C)CN(C)C(=O)c1ccc(I)c(Cl)c1. The Bertz CT molecular complexity index is 494. The number of amides is 2. The smallest absolute Gasteiger partial charge is 0.253 e. The van der Waals surface area contributed by atoms with E-state index in [1.165, 1.54) is 4.90 Å². The van der Waals surface area contributed by atoms with E-state index in [4.69, 9.17) is 11.6 Å². The van der Waals surface area contributed by atoms with Crippen molar-refractivity contribution >= 4 is 46.0 Å². The highest BCUT2D eigenvalue weighted by molar-refractivity contribution is 14.1. The third kappa shape index (κ3) is 4.35. The summed E-state index contributed by atoms with van der Waals surface area (Å²) in [5, 5.41) is 3.12. The molecule has 0 aliphatic carbocycles. The molecule has 2 amide bonds. The predicted molar refractivity (Wildman–Crippen MR) is 84.4 cm³/mol. The molecule has 1 N–H and O–H groups in total. The normalized spacial score (nSPS) is 11.8. The maximum Gasteiger partial charge on any atom is 0.253 e. The van der Waals surface area contributed by atoms with Crippen LogP contribution in [0.2, 0.25) is 5.02 Å². The first-order valence-corrected chi connectivity index (χ1v) is 7.24. The van der Waals surface area contributed by atoms with Gasteiger partial charge in [0.1, 0.15) is 0 Å². The van der Waals surface area contributed by atoms with Crippen LogP contribution in [0.15, 0.2) is 18.2 Å². The van der Waals surface area contributed by atoms with Gasteiger partial charge in [0.05, 0.1) is 10.9 Å². The molecule has 0 saturated carbocycles. The summed E-state index contributed by atoms with van der Waals surface area (Å²) in [6.45, 7) is 2.14. The monoisotopic (exact) mass is 394 g/mol. The topological polar surface area (TPSA) is 49.4 Å². The Morgan fingerprint density at radius 2 is 2.11 bits per heavy atom. The van der Waals surface area contributed by atoms with Crippen molar-refractivity contribution in [1.82, 2.24) is 10.2 Å². The van der Waals surface area contributed by atoms with Crippen LogP contribution in [0.5, 0.6) is 0 Å². The fraction of sp³-hybridized carbons (Fsp3) is 0.385. The lowest BCUT2D eigenvalue weighted by molar-refractivity contribution is -0.124. The minimum absolute atomic E-state index is 0.0831. The number of hydrogen-bond acceptors (Lipinski definition) is 2. The molecule has 19 heavy (non-hydrogen) atoms. The second kappa shape index (κ2) is 7.09. The lowest BCUT2D eigenvalue weighted by Gasteiger charge is -2.21. The van der Waals surface area contributed by atoms with Gasteiger partial charge in [0.25, 0.3) is 5.91 Å². The van der Waals surface area contributed by atoms with Crippen molar-refractivity contribution in [3.63, 3.8) is 0 Å². The van der Waals surface area contributed by atoms with E-state index in [0.717, 1.165) is 3.57 Å². The zero-order chi connectivity index (χ0) is 14.6. The van der Waals surface area contributed by atoms with Gasteiger partial charge in [-0.1, -0.05) is 18.5 Å². The number of nitrogens with one attached hydrogen (secondary N) is 1. The number of rotatable bonds is 4. The van der Waals surface area contributed by atoms with Gasteiger partial charge in [-0.2, -0.15) is 0 Å². The van der Waals surface area contributed by atoms with Gasteiger partial charge in [0.2, 0.25) is 5.91 Å². The van der Waals surface area contributed by atoms with Gasteiger partial charge in [-0.15, -0.1) is 0 Å². The van der Waals surface area contributed by atoms with Crippen molar-refractivity contribution in [2.45, 2.75) is 6.92 Å². The Morgan fingerprint density at radius 3 is 2.63 bits per heavy atom. The Kier molecular flexibility index (Phi) is 6.06. The molecule has 0 spiro atoms. The van der Waals surface area contributed by atoms with Crippen molar-refractivity contribution < 1.29 is 9.59 Å². The van der Waals surface area contributed by atoms with Gasteiger partial charge in [0.15, 0.2) is 0 Å². The van der Waals surface area contributed by atoms with Gasteiger partial charge in [-0.3, -0.25) is 9.59 Å². The van der Waals surface area contributed by atoms with Gasteiger partial charge in [-0.25, -0.2) is 0 Å². The summed E-state index contributed by atoms with van der Waals surface area (Å²) in [7, 11) is 3.26. The Balaban J connectivity index is 2.76. The second-order valence-corrected chi connectivity index (χ2v) is 5.90. The maximum absolute atomic E-state index is 12.2. The maximum atomic E-state index is 12.2. The molecule has 0 aliphatic heterocycles. The molecule has 4 nitrogen and oxygen atoms in total. The van der Waals surface area contributed by atoms with Crippen LogP contribution in [0.1, 0.15) is 17.3 Å². The van der Waals surface area contributed by atoms with E-state index in [1.807, 2.05) is 0 Å². The van der Waals surface area contributed by atoms with Crippen LogP contribution in [0.3, 0.4) is 0 Å². The molecule has 1 aromatic carbocycles. The number of carbonyl (C=O) groups is 2. The van der Waals surface area contributed by atoms with Gasteiger partial charge < -0.3 is 10.2 Å². The minimum atomic E-state index is -0.252. The quantitative estimate of drug-likeness (QED) is 0.797. The summed E-state index contributed by atoms with van der Waals surface area (Å²) < 4.78 is 0.900. The van der Waals surface area contributed by atoms with E-state index in [0.29, 0.717) is 17.1 Å². The molecule has 0 fully saturated rings. The largest absolute Gasteiger partial charge is 0.359 e. The summed E-state index contributed by atoms with van der Waals surface area (Å²) >= 11 is 8.10. The zero-order valence-corrected chi connectivity index (χ0v) is 13.9. The second-order valence-electron chi connectivity index (χ2n) is 4.33. The van der Waals surface area contributed by atoms with E-state index >= 15 is 0 Å². The molecule has 104 valence electrons. The fourth-order valence-electron chi connectivity index (χ4n) is 1.67. The Morgan fingerprint density at radius 1 is 1.47 bits per heavy atom. The summed E-state index contributed by atoms with van der Waals surface area (Å²) in [5.41, 5.74) is 0.525. The van der Waals surface area contributed by atoms with Gasteiger partial charge >= 0.3 is 0 Å². The van der Waals surface area contributed by atoms with Crippen molar-refractivity contribution in [2.24, 2.45) is 5.92 Å². The van der Waals surface area contributed by atoms with Crippen LogP contribution < -0.4 is 5.32 Å². The lowest BCUT2D eigenvalue weighted by Crippen LogP contribution is -2.37. The van der Waals surface area contributed by atoms with E-state index in [9.17, 15) is 9.59 Å². The average molecular weight is 395 g/mol. The molecule has 0 bridgehead atoms. The van der Waals surface area contributed by atoms with Crippen LogP contribution in [-0.4, -0.2) is 37.4 Å². The van der Waals surface area contributed by atoms with E-state index in [1.54, 1.807) is 39.2 Å². The Labute approximate surface area is 131 Å². The molecule has 0 aromatic heterocycles. The number of halogens is 2. The van der Waals surface area contributed by atoms with Crippen molar-refractivity contribution in [2.75, 3.05) is 20.6 Å². The molecule has 0 radical (unpaired) electrons. The molecule has 1 aromatic rings. The molecular weight excluding hydrogens is 379 g/mol. The first-order valence-electron chi connectivity index (χ1n) is 5.79. The number of benzene rings is 1. The van der Waals surface area contributed by atoms with Crippen molar-refractivity contribution in [3.8, 4) is 0 Å². The molecule has 6 heteroatoms. The number of hydrogen-bond donors (Lipinski definition) is 1. The van der Waals surface area contributed by atoms with Gasteiger partial charge in [0, 0.05) is 29.8 Å². The first-order chi connectivity index (χ1) is 8.86. The number of nitrogens with zero attached hydrogens (tertiary/aromatic N) is 1. The summed E-state index contributed by atoms with van der Waals surface area (Å²) in [6.07, 6.45) is 0. The Hall–Kier alpha value is -0.820. The molecule has 1 atom stereocenters. The molecule has 0 saturated heterocycles. The van der Waals surface area contributed by atoms with Crippen LogP contribution in [0.4, 0.5) is 0 Å². The molecule has 1 rings (SSSR count). The molecule has 0 heterocycles. The van der Waals surface area contributed by atoms with E-state index < -0.39 is 0 Å². The average Bonchev–Trinajstić information content (AvgIpc) is 2.39. The fourth-order valence-corrected chi connectivity index (χ4v) is 2.19. The summed E-state index contributed by atoms with van der Waals surface area (Å²) in [6, 6.07) is 5.18.